The Morgan fingerprint density at radius 2 is 1.64 bits per heavy atom. The van der Waals surface area contributed by atoms with Gasteiger partial charge in [0.2, 0.25) is 0 Å². The van der Waals surface area contributed by atoms with Crippen LogP contribution in [0.3, 0.4) is 0 Å². The van der Waals surface area contributed by atoms with Gasteiger partial charge in [0.05, 0.1) is 37.1 Å². The summed E-state index contributed by atoms with van der Waals surface area (Å²) in [5.74, 6) is 0.206. The minimum atomic E-state index is -0.307. The number of benzene rings is 3. The maximum absolute atomic E-state index is 13.5. The highest BCUT2D eigenvalue weighted by atomic mass is 19.1. The lowest BCUT2D eigenvalue weighted by Crippen LogP contribution is -2.35. The van der Waals surface area contributed by atoms with Crippen LogP contribution in [-0.2, 0) is 0 Å². The lowest BCUT2D eigenvalue weighted by Gasteiger charge is -2.27. The quantitative estimate of drug-likeness (QED) is 0.726. The van der Waals surface area contributed by atoms with Crippen LogP contribution in [0, 0.1) is 5.82 Å². The minimum absolute atomic E-state index is 0.0915. The lowest BCUT2D eigenvalue weighted by molar-refractivity contribution is 0.258. The van der Waals surface area contributed by atoms with Crippen LogP contribution in [0.2, 0.25) is 0 Å². The molecule has 0 fully saturated rings. The molecule has 0 saturated carbocycles. The number of para-hydroxylation sites is 2. The first-order chi connectivity index (χ1) is 13.7. The Labute approximate surface area is 163 Å². The maximum atomic E-state index is 13.5. The number of aliphatic hydroxyl groups excluding tert-OH is 1. The van der Waals surface area contributed by atoms with Crippen molar-refractivity contribution in [2.75, 3.05) is 18.7 Å². The standard InChI is InChI=1S/C23H21FN2O2/c1-28-21-10-6-5-9-19(21)22-20(15-27)26(18-7-3-2-4-8-18)25-23(22)16-11-13-17(24)14-12-16/h2-14,20,22,27H,15H2,1H3/t20-,22-/m1/s1. The molecule has 1 aliphatic rings. The fraction of sp³-hybridized carbons (Fsp3) is 0.174. The van der Waals surface area contributed by atoms with Gasteiger partial charge in [-0.25, -0.2) is 4.39 Å². The zero-order valence-corrected chi connectivity index (χ0v) is 15.5. The van der Waals surface area contributed by atoms with E-state index >= 15 is 0 Å². The van der Waals surface area contributed by atoms with Crippen LogP contribution in [0.1, 0.15) is 17.0 Å². The van der Waals surface area contributed by atoms with E-state index in [4.69, 9.17) is 9.84 Å². The molecule has 0 bridgehead atoms. The van der Waals surface area contributed by atoms with Crippen molar-refractivity contribution in [3.63, 3.8) is 0 Å². The number of hydrazone groups is 1. The monoisotopic (exact) mass is 376 g/mol. The number of anilines is 1. The van der Waals surface area contributed by atoms with Crippen molar-refractivity contribution in [1.82, 2.24) is 0 Å². The number of hydrogen-bond acceptors (Lipinski definition) is 4. The van der Waals surface area contributed by atoms with E-state index in [9.17, 15) is 9.50 Å². The largest absolute Gasteiger partial charge is 0.496 e. The number of hydrogen-bond donors (Lipinski definition) is 1. The molecule has 0 radical (unpaired) electrons. The van der Waals surface area contributed by atoms with Gasteiger partial charge in [0, 0.05) is 5.56 Å². The molecular formula is C23H21FN2O2. The van der Waals surface area contributed by atoms with Crippen LogP contribution in [0.5, 0.6) is 5.75 Å². The molecule has 0 aromatic heterocycles. The summed E-state index contributed by atoms with van der Waals surface area (Å²) in [5, 5.41) is 17.0. The average Bonchev–Trinajstić information content (AvgIpc) is 3.14. The van der Waals surface area contributed by atoms with Gasteiger partial charge in [0.15, 0.2) is 0 Å². The molecule has 1 heterocycles. The fourth-order valence-corrected chi connectivity index (χ4v) is 3.72. The van der Waals surface area contributed by atoms with Gasteiger partial charge in [-0.2, -0.15) is 5.10 Å². The highest BCUT2D eigenvalue weighted by Gasteiger charge is 2.40. The predicted molar refractivity (Wildman–Crippen MR) is 108 cm³/mol. The number of halogens is 1. The number of aliphatic hydroxyl groups is 1. The van der Waals surface area contributed by atoms with E-state index in [1.54, 1.807) is 19.2 Å². The van der Waals surface area contributed by atoms with E-state index in [1.807, 2.05) is 59.6 Å². The third kappa shape index (κ3) is 3.25. The molecule has 4 nitrogen and oxygen atoms in total. The Hall–Kier alpha value is -3.18. The number of rotatable bonds is 5. The molecule has 28 heavy (non-hydrogen) atoms. The zero-order valence-electron chi connectivity index (χ0n) is 15.5. The SMILES string of the molecule is COc1ccccc1[C@H]1C(c2ccc(F)cc2)=NN(c2ccccc2)[C@@H]1CO. The molecule has 3 aromatic carbocycles. The third-order valence-electron chi connectivity index (χ3n) is 5.03. The molecule has 0 saturated heterocycles. The van der Waals surface area contributed by atoms with Crippen molar-refractivity contribution < 1.29 is 14.2 Å². The normalized spacial score (nSPS) is 18.8. The highest BCUT2D eigenvalue weighted by Crippen LogP contribution is 2.40. The molecular weight excluding hydrogens is 355 g/mol. The van der Waals surface area contributed by atoms with Crippen molar-refractivity contribution in [3.05, 3.63) is 95.8 Å². The minimum Gasteiger partial charge on any atom is -0.496 e. The molecule has 0 amide bonds. The summed E-state index contributed by atoms with van der Waals surface area (Å²) in [5.41, 5.74) is 3.41. The van der Waals surface area contributed by atoms with Crippen molar-refractivity contribution >= 4 is 11.4 Å². The molecule has 142 valence electrons. The van der Waals surface area contributed by atoms with Gasteiger partial charge >= 0.3 is 0 Å². The number of nitrogens with zero attached hydrogens (tertiary/aromatic N) is 2. The highest BCUT2D eigenvalue weighted by molar-refractivity contribution is 6.08. The van der Waals surface area contributed by atoms with Crippen molar-refractivity contribution in [1.29, 1.82) is 0 Å². The Morgan fingerprint density at radius 3 is 2.32 bits per heavy atom. The Morgan fingerprint density at radius 1 is 0.964 bits per heavy atom. The summed E-state index contributed by atoms with van der Waals surface area (Å²) < 4.78 is 19.1. The fourth-order valence-electron chi connectivity index (χ4n) is 3.72. The van der Waals surface area contributed by atoms with E-state index in [1.165, 1.54) is 12.1 Å². The van der Waals surface area contributed by atoms with Crippen LogP contribution in [-0.4, -0.2) is 30.6 Å². The van der Waals surface area contributed by atoms with Crippen molar-refractivity contribution in [2.24, 2.45) is 5.10 Å². The molecule has 0 spiro atoms. The van der Waals surface area contributed by atoms with E-state index < -0.39 is 0 Å². The lowest BCUT2D eigenvalue weighted by atomic mass is 9.84. The maximum Gasteiger partial charge on any atom is 0.123 e. The van der Waals surface area contributed by atoms with E-state index in [2.05, 4.69) is 0 Å². The molecule has 1 aliphatic heterocycles. The second-order valence-electron chi connectivity index (χ2n) is 6.64. The Kier molecular flexibility index (Phi) is 5.08. The molecule has 3 aromatic rings. The van der Waals surface area contributed by atoms with E-state index in [-0.39, 0.29) is 24.4 Å². The van der Waals surface area contributed by atoms with Crippen molar-refractivity contribution in [3.8, 4) is 5.75 Å². The van der Waals surface area contributed by atoms with Crippen molar-refractivity contribution in [2.45, 2.75) is 12.0 Å². The van der Waals surface area contributed by atoms with Crippen LogP contribution in [0.15, 0.2) is 84.0 Å². The third-order valence-corrected chi connectivity index (χ3v) is 5.03. The van der Waals surface area contributed by atoms with Crippen LogP contribution in [0.4, 0.5) is 10.1 Å². The molecule has 0 unspecified atom stereocenters. The summed E-state index contributed by atoms with van der Waals surface area (Å²) in [6, 6.07) is 23.5. The molecule has 4 rings (SSSR count). The van der Waals surface area contributed by atoms with Gasteiger partial charge in [-0.15, -0.1) is 0 Å². The number of ether oxygens (including phenoxy) is 1. The summed E-state index contributed by atoms with van der Waals surface area (Å²) in [4.78, 5) is 0. The summed E-state index contributed by atoms with van der Waals surface area (Å²) >= 11 is 0. The Bertz CT molecular complexity index is 973. The first kappa shape index (κ1) is 18.2. The summed E-state index contributed by atoms with van der Waals surface area (Å²) in [6.07, 6.45) is 0. The second kappa shape index (κ2) is 7.82. The second-order valence-corrected chi connectivity index (χ2v) is 6.64. The summed E-state index contributed by atoms with van der Waals surface area (Å²) in [7, 11) is 1.63. The molecule has 2 atom stereocenters. The van der Waals surface area contributed by atoms with Crippen LogP contribution < -0.4 is 9.75 Å². The van der Waals surface area contributed by atoms with Gasteiger partial charge in [-0.3, -0.25) is 5.01 Å². The predicted octanol–water partition coefficient (Wildman–Crippen LogP) is 4.20. The van der Waals surface area contributed by atoms with E-state index in [0.29, 0.717) is 0 Å². The topological polar surface area (TPSA) is 45.1 Å². The Balaban J connectivity index is 1.87. The van der Waals surface area contributed by atoms with Gasteiger partial charge in [-0.1, -0.05) is 48.5 Å². The van der Waals surface area contributed by atoms with Gasteiger partial charge in [0.25, 0.3) is 0 Å². The first-order valence-electron chi connectivity index (χ1n) is 9.15. The average molecular weight is 376 g/mol. The molecule has 1 N–H and O–H groups in total. The molecule has 5 heteroatoms. The summed E-state index contributed by atoms with van der Waals surface area (Å²) in [6.45, 7) is -0.0915. The van der Waals surface area contributed by atoms with Crippen LogP contribution >= 0.6 is 0 Å². The van der Waals surface area contributed by atoms with Crippen LogP contribution in [0.25, 0.3) is 0 Å². The smallest absolute Gasteiger partial charge is 0.123 e. The number of methoxy groups -OCH3 is 1. The van der Waals surface area contributed by atoms with Gasteiger partial charge in [-0.05, 0) is 35.9 Å². The molecule has 0 aliphatic carbocycles. The zero-order chi connectivity index (χ0) is 19.5. The van der Waals surface area contributed by atoms with Gasteiger partial charge in [0.1, 0.15) is 11.6 Å². The van der Waals surface area contributed by atoms with E-state index in [0.717, 1.165) is 28.3 Å². The first-order valence-corrected chi connectivity index (χ1v) is 9.15. The van der Waals surface area contributed by atoms with Gasteiger partial charge < -0.3 is 9.84 Å².